The van der Waals surface area contributed by atoms with Gasteiger partial charge in [0.25, 0.3) is 5.91 Å². The predicted molar refractivity (Wildman–Crippen MR) is 96.1 cm³/mol. The van der Waals surface area contributed by atoms with Crippen LogP contribution in [0, 0.1) is 0 Å². The van der Waals surface area contributed by atoms with Crippen molar-refractivity contribution in [2.75, 3.05) is 5.32 Å². The number of amides is 1. The Bertz CT molecular complexity index is 870. The third-order valence-electron chi connectivity index (χ3n) is 4.45. The van der Waals surface area contributed by atoms with Crippen LogP contribution in [0.25, 0.3) is 11.3 Å². The molecule has 118 valence electrons. The summed E-state index contributed by atoms with van der Waals surface area (Å²) in [5.41, 5.74) is 6.09. The topological polar surface area (TPSA) is 42.0 Å². The summed E-state index contributed by atoms with van der Waals surface area (Å²) in [6, 6.07) is 19.8. The molecule has 0 saturated heterocycles. The van der Waals surface area contributed by atoms with Crippen molar-refractivity contribution >= 4 is 11.6 Å². The minimum atomic E-state index is -0.125. The summed E-state index contributed by atoms with van der Waals surface area (Å²) in [7, 11) is 0. The van der Waals surface area contributed by atoms with Gasteiger partial charge in [-0.25, -0.2) is 0 Å². The van der Waals surface area contributed by atoms with Crippen LogP contribution in [0.15, 0.2) is 66.9 Å². The quantitative estimate of drug-likeness (QED) is 0.774. The number of aryl methyl sites for hydroxylation is 2. The van der Waals surface area contributed by atoms with Crippen molar-refractivity contribution in [1.29, 1.82) is 0 Å². The second-order valence-electron chi connectivity index (χ2n) is 6.09. The number of fused-ring (bicyclic) bond motifs is 1. The van der Waals surface area contributed by atoms with Gasteiger partial charge in [0, 0.05) is 17.4 Å². The molecule has 3 nitrogen and oxygen atoms in total. The molecule has 0 aliphatic heterocycles. The van der Waals surface area contributed by atoms with E-state index in [4.69, 9.17) is 0 Å². The maximum atomic E-state index is 12.4. The lowest BCUT2D eigenvalue weighted by atomic mass is 10.1. The average Bonchev–Trinajstić information content (AvgIpc) is 3.10. The SMILES string of the molecule is O=C(Nc1ccc2c(c1)CCC2)c1ccc(-c2ccccc2)nc1. The smallest absolute Gasteiger partial charge is 0.257 e. The number of aromatic nitrogens is 1. The first-order valence-electron chi connectivity index (χ1n) is 8.24. The minimum Gasteiger partial charge on any atom is -0.322 e. The first-order chi connectivity index (χ1) is 11.8. The summed E-state index contributed by atoms with van der Waals surface area (Å²) in [6.45, 7) is 0. The van der Waals surface area contributed by atoms with Crippen molar-refractivity contribution < 1.29 is 4.79 Å². The molecule has 0 unspecified atom stereocenters. The maximum Gasteiger partial charge on any atom is 0.257 e. The van der Waals surface area contributed by atoms with E-state index in [0.29, 0.717) is 5.56 Å². The molecule has 1 N–H and O–H groups in total. The predicted octanol–water partition coefficient (Wildman–Crippen LogP) is 4.49. The number of rotatable bonds is 3. The number of carbonyl (C=O) groups is 1. The van der Waals surface area contributed by atoms with E-state index >= 15 is 0 Å². The van der Waals surface area contributed by atoms with Crippen LogP contribution in [0.2, 0.25) is 0 Å². The van der Waals surface area contributed by atoms with Gasteiger partial charge in [0.05, 0.1) is 11.3 Å². The van der Waals surface area contributed by atoms with E-state index in [1.54, 1.807) is 6.20 Å². The fourth-order valence-electron chi connectivity index (χ4n) is 3.16. The zero-order valence-corrected chi connectivity index (χ0v) is 13.3. The van der Waals surface area contributed by atoms with Crippen LogP contribution < -0.4 is 5.32 Å². The van der Waals surface area contributed by atoms with E-state index in [1.165, 1.54) is 17.5 Å². The lowest BCUT2D eigenvalue weighted by molar-refractivity contribution is 0.102. The van der Waals surface area contributed by atoms with Crippen LogP contribution >= 0.6 is 0 Å². The van der Waals surface area contributed by atoms with Crippen molar-refractivity contribution in [2.24, 2.45) is 0 Å². The molecular formula is C21H18N2O. The van der Waals surface area contributed by atoms with Gasteiger partial charge in [0.1, 0.15) is 0 Å². The first-order valence-corrected chi connectivity index (χ1v) is 8.24. The Morgan fingerprint density at radius 1 is 0.917 bits per heavy atom. The van der Waals surface area contributed by atoms with Gasteiger partial charge in [-0.15, -0.1) is 0 Å². The number of hydrogen-bond acceptors (Lipinski definition) is 2. The van der Waals surface area contributed by atoms with Gasteiger partial charge < -0.3 is 5.32 Å². The number of benzene rings is 2. The lowest BCUT2D eigenvalue weighted by Gasteiger charge is -2.08. The van der Waals surface area contributed by atoms with Crippen LogP contribution in [0.5, 0.6) is 0 Å². The molecule has 0 bridgehead atoms. The van der Waals surface area contributed by atoms with Gasteiger partial charge in [-0.3, -0.25) is 9.78 Å². The normalized spacial score (nSPS) is 12.7. The van der Waals surface area contributed by atoms with Crippen LogP contribution in [-0.2, 0) is 12.8 Å². The molecule has 1 aromatic heterocycles. The Balaban J connectivity index is 1.50. The van der Waals surface area contributed by atoms with Crippen LogP contribution in [-0.4, -0.2) is 10.9 Å². The molecule has 0 fully saturated rings. The molecule has 3 heteroatoms. The molecule has 4 rings (SSSR count). The maximum absolute atomic E-state index is 12.4. The molecule has 1 aliphatic carbocycles. The third kappa shape index (κ3) is 2.93. The summed E-state index contributed by atoms with van der Waals surface area (Å²) in [5.74, 6) is -0.125. The third-order valence-corrected chi connectivity index (χ3v) is 4.45. The molecule has 0 saturated carbocycles. The number of hydrogen-bond donors (Lipinski definition) is 1. The second kappa shape index (κ2) is 6.28. The zero-order valence-electron chi connectivity index (χ0n) is 13.3. The van der Waals surface area contributed by atoms with Gasteiger partial charge in [0.2, 0.25) is 0 Å². The summed E-state index contributed by atoms with van der Waals surface area (Å²) in [6.07, 6.45) is 5.09. The van der Waals surface area contributed by atoms with Crippen molar-refractivity contribution in [3.63, 3.8) is 0 Å². The summed E-state index contributed by atoms with van der Waals surface area (Å²) < 4.78 is 0. The molecule has 2 aromatic carbocycles. The average molecular weight is 314 g/mol. The molecule has 0 atom stereocenters. The van der Waals surface area contributed by atoms with Gasteiger partial charge in [-0.05, 0) is 54.7 Å². The Hall–Kier alpha value is -2.94. The molecule has 1 heterocycles. The molecule has 1 aliphatic rings. The highest BCUT2D eigenvalue weighted by atomic mass is 16.1. The molecule has 0 spiro atoms. The lowest BCUT2D eigenvalue weighted by Crippen LogP contribution is -2.12. The summed E-state index contributed by atoms with van der Waals surface area (Å²) >= 11 is 0. The largest absolute Gasteiger partial charge is 0.322 e. The van der Waals surface area contributed by atoms with E-state index in [2.05, 4.69) is 22.4 Å². The fourth-order valence-corrected chi connectivity index (χ4v) is 3.16. The van der Waals surface area contributed by atoms with E-state index in [9.17, 15) is 4.79 Å². The standard InChI is InChI=1S/C21H18N2O/c24-21(23-19-11-9-15-7-4-8-17(15)13-19)18-10-12-20(22-14-18)16-5-2-1-3-6-16/h1-3,5-6,9-14H,4,7-8H2,(H,23,24). The first kappa shape index (κ1) is 14.6. The van der Waals surface area contributed by atoms with E-state index < -0.39 is 0 Å². The molecule has 24 heavy (non-hydrogen) atoms. The van der Waals surface area contributed by atoms with Crippen molar-refractivity contribution in [3.8, 4) is 11.3 Å². The number of anilines is 1. The second-order valence-corrected chi connectivity index (χ2v) is 6.09. The Kier molecular flexibility index (Phi) is 3.83. The highest BCUT2D eigenvalue weighted by Crippen LogP contribution is 2.25. The van der Waals surface area contributed by atoms with Gasteiger partial charge in [0.15, 0.2) is 0 Å². The van der Waals surface area contributed by atoms with Gasteiger partial charge in [-0.2, -0.15) is 0 Å². The molecule has 3 aromatic rings. The highest BCUT2D eigenvalue weighted by molar-refractivity contribution is 6.04. The highest BCUT2D eigenvalue weighted by Gasteiger charge is 2.13. The molecule has 1 amide bonds. The van der Waals surface area contributed by atoms with Gasteiger partial charge in [-0.1, -0.05) is 36.4 Å². The monoisotopic (exact) mass is 314 g/mol. The van der Waals surface area contributed by atoms with Gasteiger partial charge >= 0.3 is 0 Å². The Morgan fingerprint density at radius 3 is 2.54 bits per heavy atom. The van der Waals surface area contributed by atoms with Crippen molar-refractivity contribution in [1.82, 2.24) is 4.98 Å². The fraction of sp³-hybridized carbons (Fsp3) is 0.143. The number of carbonyl (C=O) groups excluding carboxylic acids is 1. The Labute approximate surface area is 141 Å². The van der Waals surface area contributed by atoms with Crippen LogP contribution in [0.1, 0.15) is 27.9 Å². The van der Waals surface area contributed by atoms with Crippen LogP contribution in [0.3, 0.4) is 0 Å². The minimum absolute atomic E-state index is 0.125. The Morgan fingerprint density at radius 2 is 1.75 bits per heavy atom. The summed E-state index contributed by atoms with van der Waals surface area (Å²) in [4.78, 5) is 16.8. The van der Waals surface area contributed by atoms with Crippen molar-refractivity contribution in [3.05, 3.63) is 83.6 Å². The molecule has 0 radical (unpaired) electrons. The number of nitrogens with one attached hydrogen (secondary N) is 1. The zero-order chi connectivity index (χ0) is 16.4. The van der Waals surface area contributed by atoms with Crippen molar-refractivity contribution in [2.45, 2.75) is 19.3 Å². The van der Waals surface area contributed by atoms with E-state index in [-0.39, 0.29) is 5.91 Å². The summed E-state index contributed by atoms with van der Waals surface area (Å²) in [5, 5.41) is 2.97. The van der Waals surface area contributed by atoms with E-state index in [1.807, 2.05) is 48.5 Å². The molecular weight excluding hydrogens is 296 g/mol. The number of pyridine rings is 1. The number of nitrogens with zero attached hydrogens (tertiary/aromatic N) is 1. The van der Waals surface area contributed by atoms with E-state index in [0.717, 1.165) is 29.8 Å². The van der Waals surface area contributed by atoms with Crippen LogP contribution in [0.4, 0.5) is 5.69 Å².